The molecule has 0 bridgehead atoms. The Morgan fingerprint density at radius 1 is 0.950 bits per heavy atom. The number of fused-ring (bicyclic) bond motifs is 1. The third-order valence-corrected chi connectivity index (χ3v) is 6.45. The number of aromatic hydroxyl groups is 1. The Bertz CT molecular complexity index is 1330. The molecule has 0 heterocycles. The molecule has 0 spiro atoms. The summed E-state index contributed by atoms with van der Waals surface area (Å²) in [7, 11) is 0. The second kappa shape index (κ2) is 13.3. The fourth-order valence-corrected chi connectivity index (χ4v) is 4.47. The van der Waals surface area contributed by atoms with E-state index in [2.05, 4.69) is 10.6 Å². The van der Waals surface area contributed by atoms with Crippen LogP contribution in [0.2, 0.25) is 0 Å². The summed E-state index contributed by atoms with van der Waals surface area (Å²) in [5.74, 6) is -1.30. The molecule has 3 amide bonds. The normalized spacial score (nSPS) is 13.0. The van der Waals surface area contributed by atoms with Crippen LogP contribution in [0.4, 0.5) is 10.5 Å². The number of amides is 3. The van der Waals surface area contributed by atoms with E-state index in [1.807, 2.05) is 57.2 Å². The minimum atomic E-state index is -1.14. The Kier molecular flexibility index (Phi) is 10.2. The minimum Gasteiger partial charge on any atom is -0.508 e. The maximum absolute atomic E-state index is 14.1. The Morgan fingerprint density at radius 3 is 2.23 bits per heavy atom. The lowest BCUT2D eigenvalue weighted by atomic mass is 9.97. The molecule has 0 aliphatic heterocycles. The van der Waals surface area contributed by atoms with Gasteiger partial charge in [-0.3, -0.25) is 9.59 Å². The van der Waals surface area contributed by atoms with Crippen molar-refractivity contribution < 1.29 is 24.2 Å². The number of carbonyl (C=O) groups excluding carboxylic acids is 3. The van der Waals surface area contributed by atoms with E-state index in [1.54, 1.807) is 45.0 Å². The van der Waals surface area contributed by atoms with E-state index in [4.69, 9.17) is 4.74 Å². The SMILES string of the molecule is CCCCN(C(=O)C(NC(=O)OC(C)(C)C)C(C)C)C(C(=O)Nc1ccc2ccccc2c1)c1ccccc1O. The summed E-state index contributed by atoms with van der Waals surface area (Å²) in [5.41, 5.74) is 0.124. The zero-order valence-corrected chi connectivity index (χ0v) is 24.2. The molecule has 0 aromatic heterocycles. The number of phenols is 1. The van der Waals surface area contributed by atoms with Gasteiger partial charge in [-0.2, -0.15) is 0 Å². The number of para-hydroxylation sites is 1. The summed E-state index contributed by atoms with van der Waals surface area (Å²) in [5, 5.41) is 18.5. The number of hydrogen-bond acceptors (Lipinski definition) is 5. The number of alkyl carbamates (subject to hydrolysis) is 1. The molecule has 2 unspecified atom stereocenters. The number of anilines is 1. The number of ether oxygens (including phenoxy) is 1. The van der Waals surface area contributed by atoms with E-state index >= 15 is 0 Å². The predicted molar refractivity (Wildman–Crippen MR) is 158 cm³/mol. The first-order chi connectivity index (χ1) is 18.9. The Hall–Kier alpha value is -4.07. The van der Waals surface area contributed by atoms with Gasteiger partial charge in [0.15, 0.2) is 0 Å². The molecule has 3 aromatic carbocycles. The molecule has 3 N–H and O–H groups in total. The first-order valence-electron chi connectivity index (χ1n) is 13.8. The fourth-order valence-electron chi connectivity index (χ4n) is 4.47. The van der Waals surface area contributed by atoms with Crippen LogP contribution in [0.15, 0.2) is 66.7 Å². The Morgan fingerprint density at radius 2 is 1.60 bits per heavy atom. The summed E-state index contributed by atoms with van der Waals surface area (Å²) >= 11 is 0. The molecular formula is C32H41N3O5. The number of benzene rings is 3. The van der Waals surface area contributed by atoms with Gasteiger partial charge in [0.1, 0.15) is 23.4 Å². The van der Waals surface area contributed by atoms with Crippen molar-refractivity contribution in [1.82, 2.24) is 10.2 Å². The van der Waals surface area contributed by atoms with Gasteiger partial charge in [-0.25, -0.2) is 4.79 Å². The van der Waals surface area contributed by atoms with Crippen LogP contribution in [0.25, 0.3) is 10.8 Å². The Labute approximate surface area is 236 Å². The van der Waals surface area contributed by atoms with Crippen LogP contribution in [-0.2, 0) is 14.3 Å². The van der Waals surface area contributed by atoms with Crippen LogP contribution in [0.1, 0.15) is 66.0 Å². The molecule has 8 nitrogen and oxygen atoms in total. The van der Waals surface area contributed by atoms with Crippen molar-refractivity contribution in [2.24, 2.45) is 5.92 Å². The highest BCUT2D eigenvalue weighted by Crippen LogP contribution is 2.32. The van der Waals surface area contributed by atoms with Gasteiger partial charge >= 0.3 is 6.09 Å². The zero-order chi connectivity index (χ0) is 29.4. The second-order valence-electron chi connectivity index (χ2n) is 11.3. The first kappa shape index (κ1) is 30.5. The van der Waals surface area contributed by atoms with Gasteiger partial charge < -0.3 is 25.4 Å². The summed E-state index contributed by atoms with van der Waals surface area (Å²) in [4.78, 5) is 42.3. The molecule has 3 rings (SSSR count). The number of nitrogens with zero attached hydrogens (tertiary/aromatic N) is 1. The van der Waals surface area contributed by atoms with Crippen molar-refractivity contribution >= 4 is 34.4 Å². The average molecular weight is 548 g/mol. The lowest BCUT2D eigenvalue weighted by Crippen LogP contribution is -2.54. The molecular weight excluding hydrogens is 506 g/mol. The lowest BCUT2D eigenvalue weighted by molar-refractivity contribution is -0.141. The van der Waals surface area contributed by atoms with Gasteiger partial charge in [0, 0.05) is 17.8 Å². The van der Waals surface area contributed by atoms with Gasteiger partial charge in [0.2, 0.25) is 5.91 Å². The standard InChI is InChI=1S/C32H41N3O5/c1-7-8-19-35(30(38)27(21(2)3)34-31(39)40-32(4,5)6)28(25-15-11-12-16-26(25)36)29(37)33-24-18-17-22-13-9-10-14-23(22)20-24/h9-18,20-21,27-28,36H,7-8,19H2,1-6H3,(H,33,37)(H,34,39). The van der Waals surface area contributed by atoms with E-state index in [1.165, 1.54) is 11.0 Å². The van der Waals surface area contributed by atoms with Crippen molar-refractivity contribution in [1.29, 1.82) is 0 Å². The minimum absolute atomic E-state index is 0.100. The molecule has 0 aliphatic carbocycles. The van der Waals surface area contributed by atoms with E-state index in [0.29, 0.717) is 17.7 Å². The molecule has 8 heteroatoms. The van der Waals surface area contributed by atoms with E-state index in [0.717, 1.165) is 17.2 Å². The number of phenolic OH excluding ortho intramolecular Hbond substituents is 1. The summed E-state index contributed by atoms with van der Waals surface area (Å²) in [6.07, 6.45) is 0.681. The van der Waals surface area contributed by atoms with E-state index in [-0.39, 0.29) is 18.2 Å². The molecule has 0 radical (unpaired) electrons. The van der Waals surface area contributed by atoms with E-state index in [9.17, 15) is 19.5 Å². The van der Waals surface area contributed by atoms with Gasteiger partial charge in [-0.15, -0.1) is 0 Å². The van der Waals surface area contributed by atoms with Gasteiger partial charge in [0.05, 0.1) is 0 Å². The molecule has 3 aromatic rings. The third-order valence-electron chi connectivity index (χ3n) is 6.45. The molecule has 0 saturated carbocycles. The molecule has 2 atom stereocenters. The summed E-state index contributed by atoms with van der Waals surface area (Å²) in [6, 6.07) is 17.8. The maximum atomic E-state index is 14.1. The van der Waals surface area contributed by atoms with Gasteiger partial charge in [-0.1, -0.05) is 75.7 Å². The van der Waals surface area contributed by atoms with Gasteiger partial charge in [-0.05, 0) is 62.1 Å². The molecule has 214 valence electrons. The van der Waals surface area contributed by atoms with Crippen molar-refractivity contribution in [3.8, 4) is 5.75 Å². The number of nitrogens with one attached hydrogen (secondary N) is 2. The quantitative estimate of drug-likeness (QED) is 0.272. The summed E-state index contributed by atoms with van der Waals surface area (Å²) < 4.78 is 5.42. The number of unbranched alkanes of at least 4 members (excludes halogenated alkanes) is 1. The van der Waals surface area contributed by atoms with Crippen LogP contribution in [0.3, 0.4) is 0 Å². The van der Waals surface area contributed by atoms with Crippen LogP contribution in [0.5, 0.6) is 5.75 Å². The highest BCUT2D eigenvalue weighted by Gasteiger charge is 2.38. The smallest absolute Gasteiger partial charge is 0.408 e. The molecule has 0 saturated heterocycles. The summed E-state index contributed by atoms with van der Waals surface area (Å²) in [6.45, 7) is 11.1. The van der Waals surface area contributed by atoms with Gasteiger partial charge in [0.25, 0.3) is 5.91 Å². The van der Waals surface area contributed by atoms with Crippen LogP contribution in [-0.4, -0.2) is 46.1 Å². The van der Waals surface area contributed by atoms with Crippen LogP contribution in [0, 0.1) is 5.92 Å². The third kappa shape index (κ3) is 7.97. The lowest BCUT2D eigenvalue weighted by Gasteiger charge is -2.35. The first-order valence-corrected chi connectivity index (χ1v) is 13.8. The maximum Gasteiger partial charge on any atom is 0.408 e. The predicted octanol–water partition coefficient (Wildman–Crippen LogP) is 6.40. The van der Waals surface area contributed by atoms with Crippen LogP contribution >= 0.6 is 0 Å². The number of rotatable bonds is 10. The topological polar surface area (TPSA) is 108 Å². The molecule has 0 fully saturated rings. The highest BCUT2D eigenvalue weighted by atomic mass is 16.6. The molecule has 0 aliphatic rings. The zero-order valence-electron chi connectivity index (χ0n) is 24.2. The number of carbonyl (C=O) groups is 3. The van der Waals surface area contributed by atoms with Crippen LogP contribution < -0.4 is 10.6 Å². The monoisotopic (exact) mass is 547 g/mol. The van der Waals surface area contributed by atoms with Crippen molar-refractivity contribution in [3.05, 3.63) is 72.3 Å². The fraction of sp³-hybridized carbons (Fsp3) is 0.406. The second-order valence-corrected chi connectivity index (χ2v) is 11.3. The largest absolute Gasteiger partial charge is 0.508 e. The van der Waals surface area contributed by atoms with Crippen molar-refractivity contribution in [2.45, 2.75) is 72.1 Å². The number of hydrogen-bond donors (Lipinski definition) is 3. The average Bonchev–Trinajstić information content (AvgIpc) is 2.88. The van der Waals surface area contributed by atoms with Crippen molar-refractivity contribution in [3.63, 3.8) is 0 Å². The highest BCUT2D eigenvalue weighted by molar-refractivity contribution is 6.00. The van der Waals surface area contributed by atoms with E-state index < -0.39 is 35.6 Å². The Balaban J connectivity index is 2.02. The molecule has 40 heavy (non-hydrogen) atoms. The van der Waals surface area contributed by atoms with Crippen molar-refractivity contribution in [2.75, 3.05) is 11.9 Å².